The maximum Gasteiger partial charge on any atom is 0.245 e. The Kier molecular flexibility index (Phi) is 4.95. The second-order valence-electron chi connectivity index (χ2n) is 7.83. The van der Waals surface area contributed by atoms with Crippen LogP contribution in [0.15, 0.2) is 0 Å². The van der Waals surface area contributed by atoms with Crippen molar-refractivity contribution in [3.63, 3.8) is 0 Å². The quantitative estimate of drug-likeness (QED) is 0.756. The molecule has 21 heavy (non-hydrogen) atoms. The summed E-state index contributed by atoms with van der Waals surface area (Å²) in [6.07, 6.45) is 6.43. The maximum atomic E-state index is 13.0. The number of rotatable bonds is 1. The van der Waals surface area contributed by atoms with Crippen LogP contribution < -0.4 is 5.32 Å². The van der Waals surface area contributed by atoms with Gasteiger partial charge in [-0.3, -0.25) is 9.59 Å². The van der Waals surface area contributed by atoms with Gasteiger partial charge >= 0.3 is 0 Å². The van der Waals surface area contributed by atoms with Gasteiger partial charge in [0.25, 0.3) is 0 Å². The summed E-state index contributed by atoms with van der Waals surface area (Å²) in [6.45, 7) is 8.91. The molecular formula is C17H30N2O2. The SMILES string of the molecule is CC1CCCCCC1N1CCC(=O)NC(C(C)(C)C)C1=O. The van der Waals surface area contributed by atoms with Crippen molar-refractivity contribution < 1.29 is 9.59 Å². The molecule has 1 heterocycles. The van der Waals surface area contributed by atoms with E-state index in [1.54, 1.807) is 0 Å². The Balaban J connectivity index is 2.24. The predicted molar refractivity (Wildman–Crippen MR) is 83.8 cm³/mol. The van der Waals surface area contributed by atoms with E-state index in [1.807, 2.05) is 25.7 Å². The molecule has 0 bridgehead atoms. The summed E-state index contributed by atoms with van der Waals surface area (Å²) < 4.78 is 0. The number of carbonyl (C=O) groups excluding carboxylic acids is 2. The maximum absolute atomic E-state index is 13.0. The molecule has 1 saturated heterocycles. The monoisotopic (exact) mass is 294 g/mol. The molecule has 3 unspecified atom stereocenters. The van der Waals surface area contributed by atoms with Gasteiger partial charge in [0.2, 0.25) is 11.8 Å². The Labute approximate surface area is 128 Å². The minimum absolute atomic E-state index is 0.00653. The molecule has 0 radical (unpaired) electrons. The van der Waals surface area contributed by atoms with E-state index in [4.69, 9.17) is 0 Å². The lowest BCUT2D eigenvalue weighted by Gasteiger charge is -2.38. The van der Waals surface area contributed by atoms with Gasteiger partial charge in [-0.25, -0.2) is 0 Å². The van der Waals surface area contributed by atoms with Crippen LogP contribution in [0, 0.1) is 11.3 Å². The van der Waals surface area contributed by atoms with Crippen LogP contribution in [0.5, 0.6) is 0 Å². The zero-order chi connectivity index (χ0) is 15.6. The van der Waals surface area contributed by atoms with Crippen molar-refractivity contribution in [2.24, 2.45) is 11.3 Å². The zero-order valence-electron chi connectivity index (χ0n) is 13.9. The van der Waals surface area contributed by atoms with Gasteiger partial charge in [-0.05, 0) is 24.2 Å². The van der Waals surface area contributed by atoms with Crippen LogP contribution in [0.4, 0.5) is 0 Å². The summed E-state index contributed by atoms with van der Waals surface area (Å²) in [5.74, 6) is 0.657. The molecule has 2 amide bonds. The standard InChI is InChI=1S/C17H30N2O2/c1-12-8-6-5-7-9-13(12)19-11-10-14(20)18-15(16(19)21)17(2,3)4/h12-13,15H,5-11H2,1-4H3,(H,18,20). The predicted octanol–water partition coefficient (Wildman–Crippen LogP) is 2.72. The molecule has 0 aromatic rings. The van der Waals surface area contributed by atoms with E-state index in [1.165, 1.54) is 25.7 Å². The van der Waals surface area contributed by atoms with Crippen molar-refractivity contribution in [1.29, 1.82) is 0 Å². The first-order valence-corrected chi connectivity index (χ1v) is 8.40. The van der Waals surface area contributed by atoms with Crippen molar-refractivity contribution in [3.8, 4) is 0 Å². The fraction of sp³-hybridized carbons (Fsp3) is 0.882. The summed E-state index contributed by atoms with van der Waals surface area (Å²) in [7, 11) is 0. The minimum atomic E-state index is -0.400. The van der Waals surface area contributed by atoms with Gasteiger partial charge < -0.3 is 10.2 Å². The van der Waals surface area contributed by atoms with E-state index < -0.39 is 6.04 Å². The van der Waals surface area contributed by atoms with Crippen LogP contribution >= 0.6 is 0 Å². The molecule has 2 fully saturated rings. The van der Waals surface area contributed by atoms with Gasteiger partial charge in [0.1, 0.15) is 6.04 Å². The molecule has 1 aliphatic carbocycles. The largest absolute Gasteiger partial charge is 0.344 e. The Morgan fingerprint density at radius 1 is 1.10 bits per heavy atom. The first-order chi connectivity index (χ1) is 9.80. The number of carbonyl (C=O) groups is 2. The summed E-state index contributed by atoms with van der Waals surface area (Å²) in [6, 6.07) is -0.0968. The Hall–Kier alpha value is -1.06. The number of nitrogens with zero attached hydrogens (tertiary/aromatic N) is 1. The van der Waals surface area contributed by atoms with Crippen LogP contribution in [0.3, 0.4) is 0 Å². The second kappa shape index (κ2) is 6.37. The van der Waals surface area contributed by atoms with Crippen molar-refractivity contribution in [2.45, 2.75) is 78.3 Å². The van der Waals surface area contributed by atoms with E-state index >= 15 is 0 Å². The van der Waals surface area contributed by atoms with Gasteiger partial charge in [0, 0.05) is 19.0 Å². The molecule has 3 atom stereocenters. The Morgan fingerprint density at radius 2 is 1.76 bits per heavy atom. The lowest BCUT2D eigenvalue weighted by molar-refractivity contribution is -0.139. The van der Waals surface area contributed by atoms with Gasteiger partial charge in [-0.15, -0.1) is 0 Å². The molecule has 120 valence electrons. The molecule has 0 aromatic heterocycles. The first-order valence-electron chi connectivity index (χ1n) is 8.40. The van der Waals surface area contributed by atoms with Crippen molar-refractivity contribution >= 4 is 11.8 Å². The molecule has 4 heteroatoms. The summed E-state index contributed by atoms with van der Waals surface area (Å²) in [4.78, 5) is 27.0. The molecule has 2 rings (SSSR count). The molecule has 0 spiro atoms. The van der Waals surface area contributed by atoms with Crippen LogP contribution in [-0.2, 0) is 9.59 Å². The highest BCUT2D eigenvalue weighted by Gasteiger charge is 2.41. The fourth-order valence-electron chi connectivity index (χ4n) is 3.65. The third kappa shape index (κ3) is 3.78. The number of hydrogen-bond acceptors (Lipinski definition) is 2. The molecule has 4 nitrogen and oxygen atoms in total. The number of hydrogen-bond donors (Lipinski definition) is 1. The topological polar surface area (TPSA) is 49.4 Å². The lowest BCUT2D eigenvalue weighted by atomic mass is 9.85. The number of amides is 2. The zero-order valence-corrected chi connectivity index (χ0v) is 13.9. The van der Waals surface area contributed by atoms with E-state index in [9.17, 15) is 9.59 Å². The summed E-state index contributed by atoms with van der Waals surface area (Å²) >= 11 is 0. The second-order valence-corrected chi connectivity index (χ2v) is 7.83. The van der Waals surface area contributed by atoms with Crippen LogP contribution in [0.1, 0.15) is 66.2 Å². The molecule has 0 aromatic carbocycles. The number of nitrogens with one attached hydrogen (secondary N) is 1. The Bertz CT molecular complexity index is 400. The molecule has 1 aliphatic heterocycles. The average Bonchev–Trinajstić information content (AvgIpc) is 2.67. The highest BCUT2D eigenvalue weighted by Crippen LogP contribution is 2.30. The molecule has 1 saturated carbocycles. The Morgan fingerprint density at radius 3 is 2.43 bits per heavy atom. The third-order valence-electron chi connectivity index (χ3n) is 5.00. The first kappa shape index (κ1) is 16.3. The smallest absolute Gasteiger partial charge is 0.245 e. The van der Waals surface area contributed by atoms with Crippen LogP contribution in [0.25, 0.3) is 0 Å². The third-order valence-corrected chi connectivity index (χ3v) is 5.00. The summed E-state index contributed by atoms with van der Waals surface area (Å²) in [5, 5.41) is 2.94. The highest BCUT2D eigenvalue weighted by atomic mass is 16.2. The van der Waals surface area contributed by atoms with E-state index in [2.05, 4.69) is 12.2 Å². The van der Waals surface area contributed by atoms with Crippen LogP contribution in [0.2, 0.25) is 0 Å². The highest BCUT2D eigenvalue weighted by molar-refractivity contribution is 5.90. The molecular weight excluding hydrogens is 264 g/mol. The average molecular weight is 294 g/mol. The van der Waals surface area contributed by atoms with Gasteiger partial charge in [0.05, 0.1) is 0 Å². The van der Waals surface area contributed by atoms with Gasteiger partial charge in [-0.2, -0.15) is 0 Å². The molecule has 1 N–H and O–H groups in total. The van der Waals surface area contributed by atoms with Crippen molar-refractivity contribution in [1.82, 2.24) is 10.2 Å². The molecule has 2 aliphatic rings. The van der Waals surface area contributed by atoms with Crippen molar-refractivity contribution in [2.75, 3.05) is 6.54 Å². The fourth-order valence-corrected chi connectivity index (χ4v) is 3.65. The minimum Gasteiger partial charge on any atom is -0.344 e. The lowest BCUT2D eigenvalue weighted by Crippen LogP contribution is -2.55. The van der Waals surface area contributed by atoms with E-state index in [0.717, 1.165) is 6.42 Å². The normalized spacial score (nSPS) is 32.4. The summed E-state index contributed by atoms with van der Waals surface area (Å²) in [5.41, 5.74) is -0.247. The van der Waals surface area contributed by atoms with Crippen molar-refractivity contribution in [3.05, 3.63) is 0 Å². The van der Waals surface area contributed by atoms with Crippen LogP contribution in [-0.4, -0.2) is 35.3 Å². The van der Waals surface area contributed by atoms with Gasteiger partial charge in [0.15, 0.2) is 0 Å². The van der Waals surface area contributed by atoms with E-state index in [-0.39, 0.29) is 17.2 Å². The van der Waals surface area contributed by atoms with Gasteiger partial charge in [-0.1, -0.05) is 47.0 Å². The van der Waals surface area contributed by atoms with E-state index in [0.29, 0.717) is 24.9 Å².